The van der Waals surface area contributed by atoms with E-state index < -0.39 is 0 Å². The molecule has 0 radical (unpaired) electrons. The molecular formula is C16H24N2O3. The Morgan fingerprint density at radius 1 is 1.43 bits per heavy atom. The molecule has 2 rings (SSSR count). The van der Waals surface area contributed by atoms with E-state index in [2.05, 4.69) is 17.6 Å². The maximum atomic E-state index is 12.3. The molecule has 0 aliphatic carbocycles. The molecule has 2 unspecified atom stereocenters. The number of hydrogen-bond acceptors (Lipinski definition) is 4. The van der Waals surface area contributed by atoms with E-state index in [9.17, 15) is 4.79 Å². The van der Waals surface area contributed by atoms with Crippen molar-refractivity contribution in [2.24, 2.45) is 0 Å². The van der Waals surface area contributed by atoms with Crippen molar-refractivity contribution in [3.8, 4) is 11.5 Å². The molecule has 1 aliphatic heterocycles. The zero-order valence-electron chi connectivity index (χ0n) is 12.9. The van der Waals surface area contributed by atoms with E-state index in [0.29, 0.717) is 29.7 Å². The summed E-state index contributed by atoms with van der Waals surface area (Å²) >= 11 is 0. The molecule has 21 heavy (non-hydrogen) atoms. The smallest absolute Gasteiger partial charge is 0.251 e. The SMILES string of the molecule is CCOc1ccc(C(=O)NC2CCNC(C)C2)cc1OC. The predicted molar refractivity (Wildman–Crippen MR) is 82.1 cm³/mol. The molecule has 2 atom stereocenters. The van der Waals surface area contributed by atoms with Crippen LogP contribution in [-0.2, 0) is 0 Å². The van der Waals surface area contributed by atoms with Crippen LogP contribution in [0, 0.1) is 0 Å². The highest BCUT2D eigenvalue weighted by molar-refractivity contribution is 5.95. The molecule has 1 amide bonds. The highest BCUT2D eigenvalue weighted by Gasteiger charge is 2.21. The average Bonchev–Trinajstić information content (AvgIpc) is 2.48. The number of ether oxygens (including phenoxy) is 2. The van der Waals surface area contributed by atoms with Crippen LogP contribution in [0.15, 0.2) is 18.2 Å². The second-order valence-corrected chi connectivity index (χ2v) is 5.35. The van der Waals surface area contributed by atoms with E-state index >= 15 is 0 Å². The van der Waals surface area contributed by atoms with Gasteiger partial charge in [-0.05, 0) is 51.4 Å². The van der Waals surface area contributed by atoms with Crippen LogP contribution in [0.1, 0.15) is 37.0 Å². The summed E-state index contributed by atoms with van der Waals surface area (Å²) in [5.41, 5.74) is 0.599. The van der Waals surface area contributed by atoms with Gasteiger partial charge >= 0.3 is 0 Å². The first-order chi connectivity index (χ1) is 10.1. The quantitative estimate of drug-likeness (QED) is 0.871. The molecule has 0 bridgehead atoms. The first-order valence-corrected chi connectivity index (χ1v) is 7.49. The van der Waals surface area contributed by atoms with Gasteiger partial charge in [0.2, 0.25) is 0 Å². The Labute approximate surface area is 126 Å². The van der Waals surface area contributed by atoms with Crippen LogP contribution in [0.4, 0.5) is 0 Å². The summed E-state index contributed by atoms with van der Waals surface area (Å²) in [5.74, 6) is 1.19. The maximum Gasteiger partial charge on any atom is 0.251 e. The lowest BCUT2D eigenvalue weighted by Crippen LogP contribution is -2.46. The maximum absolute atomic E-state index is 12.3. The van der Waals surface area contributed by atoms with Gasteiger partial charge in [-0.1, -0.05) is 0 Å². The molecule has 1 heterocycles. The third-order valence-corrected chi connectivity index (χ3v) is 3.68. The number of rotatable bonds is 5. The van der Waals surface area contributed by atoms with Gasteiger partial charge in [0.25, 0.3) is 5.91 Å². The standard InChI is InChI=1S/C16H24N2O3/c1-4-21-14-6-5-12(10-15(14)20-3)16(19)18-13-7-8-17-11(2)9-13/h5-6,10-11,13,17H,4,7-9H2,1-3H3,(H,18,19). The van der Waals surface area contributed by atoms with Crippen molar-refractivity contribution in [2.45, 2.75) is 38.8 Å². The van der Waals surface area contributed by atoms with Gasteiger partial charge in [-0.3, -0.25) is 4.79 Å². The van der Waals surface area contributed by atoms with E-state index in [1.165, 1.54) is 0 Å². The van der Waals surface area contributed by atoms with E-state index in [1.54, 1.807) is 25.3 Å². The number of methoxy groups -OCH3 is 1. The van der Waals surface area contributed by atoms with Crippen LogP contribution in [0.25, 0.3) is 0 Å². The monoisotopic (exact) mass is 292 g/mol. The van der Waals surface area contributed by atoms with Gasteiger partial charge in [0, 0.05) is 17.6 Å². The second kappa shape index (κ2) is 7.31. The van der Waals surface area contributed by atoms with Gasteiger partial charge < -0.3 is 20.1 Å². The highest BCUT2D eigenvalue weighted by atomic mass is 16.5. The average molecular weight is 292 g/mol. The lowest BCUT2D eigenvalue weighted by Gasteiger charge is -2.28. The lowest BCUT2D eigenvalue weighted by atomic mass is 10.0. The molecule has 5 nitrogen and oxygen atoms in total. The molecule has 1 aliphatic rings. The molecule has 1 aromatic carbocycles. The van der Waals surface area contributed by atoms with Crippen molar-refractivity contribution in [1.82, 2.24) is 10.6 Å². The van der Waals surface area contributed by atoms with E-state index in [0.717, 1.165) is 19.4 Å². The van der Waals surface area contributed by atoms with Crippen molar-refractivity contribution < 1.29 is 14.3 Å². The van der Waals surface area contributed by atoms with E-state index in [-0.39, 0.29) is 11.9 Å². The zero-order valence-corrected chi connectivity index (χ0v) is 12.9. The fourth-order valence-electron chi connectivity index (χ4n) is 2.62. The summed E-state index contributed by atoms with van der Waals surface area (Å²) < 4.78 is 10.7. The number of hydrogen-bond donors (Lipinski definition) is 2. The van der Waals surface area contributed by atoms with Crippen LogP contribution in [-0.4, -0.2) is 38.3 Å². The third kappa shape index (κ3) is 4.11. The van der Waals surface area contributed by atoms with Crippen molar-refractivity contribution in [1.29, 1.82) is 0 Å². The molecule has 0 saturated carbocycles. The number of amides is 1. The number of carbonyl (C=O) groups excluding carboxylic acids is 1. The second-order valence-electron chi connectivity index (χ2n) is 5.35. The number of nitrogens with one attached hydrogen (secondary N) is 2. The minimum atomic E-state index is -0.0598. The Morgan fingerprint density at radius 3 is 2.90 bits per heavy atom. The minimum absolute atomic E-state index is 0.0598. The summed E-state index contributed by atoms with van der Waals surface area (Å²) in [4.78, 5) is 12.3. The van der Waals surface area contributed by atoms with Gasteiger partial charge in [0.15, 0.2) is 11.5 Å². The molecule has 1 fully saturated rings. The summed E-state index contributed by atoms with van der Waals surface area (Å²) in [6.07, 6.45) is 1.92. The van der Waals surface area contributed by atoms with Gasteiger partial charge in [0.05, 0.1) is 13.7 Å². The van der Waals surface area contributed by atoms with Crippen LogP contribution >= 0.6 is 0 Å². The predicted octanol–water partition coefficient (Wildman–Crippen LogP) is 1.96. The highest BCUT2D eigenvalue weighted by Crippen LogP contribution is 2.28. The molecule has 116 valence electrons. The van der Waals surface area contributed by atoms with Crippen LogP contribution in [0.5, 0.6) is 11.5 Å². The Morgan fingerprint density at radius 2 is 2.24 bits per heavy atom. The van der Waals surface area contributed by atoms with Crippen LogP contribution in [0.3, 0.4) is 0 Å². The molecule has 5 heteroatoms. The number of benzene rings is 1. The fraction of sp³-hybridized carbons (Fsp3) is 0.562. The van der Waals surface area contributed by atoms with E-state index in [4.69, 9.17) is 9.47 Å². The molecule has 0 spiro atoms. The number of piperidine rings is 1. The van der Waals surface area contributed by atoms with Gasteiger partial charge in [-0.25, -0.2) is 0 Å². The van der Waals surface area contributed by atoms with Gasteiger partial charge in [-0.2, -0.15) is 0 Å². The summed E-state index contributed by atoms with van der Waals surface area (Å²) in [6, 6.07) is 5.95. The zero-order chi connectivity index (χ0) is 15.2. The summed E-state index contributed by atoms with van der Waals surface area (Å²) in [7, 11) is 1.58. The van der Waals surface area contributed by atoms with Crippen molar-refractivity contribution in [2.75, 3.05) is 20.3 Å². The van der Waals surface area contributed by atoms with Gasteiger partial charge in [-0.15, -0.1) is 0 Å². The van der Waals surface area contributed by atoms with E-state index in [1.807, 2.05) is 6.92 Å². The normalized spacial score (nSPS) is 21.7. The molecule has 1 saturated heterocycles. The molecular weight excluding hydrogens is 268 g/mol. The van der Waals surface area contributed by atoms with Crippen molar-refractivity contribution in [3.05, 3.63) is 23.8 Å². The topological polar surface area (TPSA) is 59.6 Å². The third-order valence-electron chi connectivity index (χ3n) is 3.68. The number of carbonyl (C=O) groups is 1. The molecule has 1 aromatic rings. The van der Waals surface area contributed by atoms with Crippen molar-refractivity contribution in [3.63, 3.8) is 0 Å². The first-order valence-electron chi connectivity index (χ1n) is 7.49. The summed E-state index contributed by atoms with van der Waals surface area (Å²) in [5, 5.41) is 6.47. The Kier molecular flexibility index (Phi) is 5.44. The first kappa shape index (κ1) is 15.6. The summed E-state index contributed by atoms with van der Waals surface area (Å²) in [6.45, 7) is 5.56. The molecule has 0 aromatic heterocycles. The lowest BCUT2D eigenvalue weighted by molar-refractivity contribution is 0.0925. The fourth-order valence-corrected chi connectivity index (χ4v) is 2.62. The van der Waals surface area contributed by atoms with Crippen LogP contribution in [0.2, 0.25) is 0 Å². The Hall–Kier alpha value is -1.75. The van der Waals surface area contributed by atoms with Crippen molar-refractivity contribution >= 4 is 5.91 Å². The van der Waals surface area contributed by atoms with Crippen LogP contribution < -0.4 is 20.1 Å². The molecule has 2 N–H and O–H groups in total. The minimum Gasteiger partial charge on any atom is -0.493 e. The largest absolute Gasteiger partial charge is 0.493 e. The Balaban J connectivity index is 2.04. The Bertz CT molecular complexity index is 490. The van der Waals surface area contributed by atoms with Gasteiger partial charge in [0.1, 0.15) is 0 Å².